The van der Waals surface area contributed by atoms with Crippen LogP contribution in [0.15, 0.2) is 12.2 Å². The lowest BCUT2D eigenvalue weighted by Crippen LogP contribution is -1.97. The molecule has 0 saturated carbocycles. The fourth-order valence-corrected chi connectivity index (χ4v) is 2.96. The Morgan fingerprint density at radius 2 is 0.826 bits per heavy atom. The van der Waals surface area contributed by atoms with Gasteiger partial charge in [-0.25, -0.2) is 0 Å². The van der Waals surface area contributed by atoms with Crippen LogP contribution >= 0.6 is 0 Å². The monoisotopic (exact) mass is 325 g/mol. The van der Waals surface area contributed by atoms with Crippen molar-refractivity contribution in [2.45, 2.75) is 109 Å². The van der Waals surface area contributed by atoms with E-state index in [1.807, 2.05) is 0 Å². The predicted molar refractivity (Wildman–Crippen MR) is 104 cm³/mol. The second-order valence-corrected chi connectivity index (χ2v) is 6.86. The van der Waals surface area contributed by atoms with Crippen LogP contribution in [0.2, 0.25) is 0 Å². The van der Waals surface area contributed by atoms with E-state index >= 15 is 0 Å². The number of hydrogen-bond donors (Lipinski definition) is 2. The first-order valence-electron chi connectivity index (χ1n) is 10.4. The van der Waals surface area contributed by atoms with Crippen molar-refractivity contribution in [1.82, 2.24) is 0 Å². The van der Waals surface area contributed by atoms with E-state index in [-0.39, 0.29) is 0 Å². The Kier molecular flexibility index (Phi) is 21.3. The van der Waals surface area contributed by atoms with Gasteiger partial charge in [-0.05, 0) is 45.1 Å². The van der Waals surface area contributed by atoms with Crippen LogP contribution in [0, 0.1) is 0 Å². The Morgan fingerprint density at radius 3 is 1.22 bits per heavy atom. The molecule has 0 heterocycles. The Labute approximate surface area is 145 Å². The fraction of sp³-hybridized carbons (Fsp3) is 0.905. The van der Waals surface area contributed by atoms with Gasteiger partial charge in [-0.1, -0.05) is 82.8 Å². The lowest BCUT2D eigenvalue weighted by molar-refractivity contribution is 0.282. The van der Waals surface area contributed by atoms with Gasteiger partial charge in [0.15, 0.2) is 0 Å². The van der Waals surface area contributed by atoms with Crippen molar-refractivity contribution >= 4 is 0 Å². The highest BCUT2D eigenvalue weighted by Crippen LogP contribution is 2.11. The summed E-state index contributed by atoms with van der Waals surface area (Å²) in [6.45, 7) is 1.22. The van der Waals surface area contributed by atoms with Gasteiger partial charge >= 0.3 is 0 Å². The molecule has 0 saturated heterocycles. The lowest BCUT2D eigenvalue weighted by atomic mass is 10.1. The minimum atomic E-state index is 0.363. The predicted octanol–water partition coefficient (Wildman–Crippen LogP) is 6.13. The van der Waals surface area contributed by atoms with Crippen LogP contribution in [-0.2, 0) is 0 Å². The molecular weight excluding hydrogens is 282 g/mol. The van der Waals surface area contributed by atoms with E-state index in [4.69, 9.17) is 10.8 Å². The maximum absolute atomic E-state index is 8.70. The van der Waals surface area contributed by atoms with E-state index in [0.717, 1.165) is 13.0 Å². The average molecular weight is 326 g/mol. The molecule has 2 heteroatoms. The van der Waals surface area contributed by atoms with Gasteiger partial charge in [0.1, 0.15) is 0 Å². The quantitative estimate of drug-likeness (QED) is 0.222. The number of nitrogens with two attached hydrogens (primary N) is 1. The van der Waals surface area contributed by atoms with Gasteiger partial charge in [0.2, 0.25) is 0 Å². The summed E-state index contributed by atoms with van der Waals surface area (Å²) in [5.41, 5.74) is 5.49. The fourth-order valence-electron chi connectivity index (χ4n) is 2.96. The Hall–Kier alpha value is -0.340. The number of aliphatic hydroxyl groups is 1. The summed E-state index contributed by atoms with van der Waals surface area (Å²) in [6.07, 6.45) is 27.1. The first kappa shape index (κ1) is 22.7. The summed E-state index contributed by atoms with van der Waals surface area (Å²) in [5.74, 6) is 0. The van der Waals surface area contributed by atoms with Crippen molar-refractivity contribution in [3.63, 3.8) is 0 Å². The Morgan fingerprint density at radius 1 is 0.478 bits per heavy atom. The van der Waals surface area contributed by atoms with Crippen LogP contribution in [0.4, 0.5) is 0 Å². The van der Waals surface area contributed by atoms with Crippen LogP contribution in [-0.4, -0.2) is 18.3 Å². The van der Waals surface area contributed by atoms with Crippen molar-refractivity contribution in [2.75, 3.05) is 13.2 Å². The van der Waals surface area contributed by atoms with Gasteiger partial charge in [0.25, 0.3) is 0 Å². The van der Waals surface area contributed by atoms with Crippen molar-refractivity contribution in [3.8, 4) is 0 Å². The van der Waals surface area contributed by atoms with Crippen LogP contribution in [0.1, 0.15) is 109 Å². The number of aliphatic hydroxyl groups excluding tert-OH is 1. The van der Waals surface area contributed by atoms with Gasteiger partial charge in [-0.15, -0.1) is 0 Å². The molecule has 0 bridgehead atoms. The third kappa shape index (κ3) is 21.7. The van der Waals surface area contributed by atoms with Gasteiger partial charge in [0, 0.05) is 6.61 Å². The van der Waals surface area contributed by atoms with E-state index in [9.17, 15) is 0 Å². The van der Waals surface area contributed by atoms with Gasteiger partial charge < -0.3 is 10.8 Å². The zero-order valence-electron chi connectivity index (χ0n) is 15.6. The summed E-state index contributed by atoms with van der Waals surface area (Å²) in [6, 6.07) is 0. The van der Waals surface area contributed by atoms with Crippen molar-refractivity contribution in [2.24, 2.45) is 5.73 Å². The van der Waals surface area contributed by atoms with E-state index in [2.05, 4.69) is 12.2 Å². The maximum atomic E-state index is 8.70. The van der Waals surface area contributed by atoms with Crippen LogP contribution < -0.4 is 5.73 Å². The highest BCUT2D eigenvalue weighted by molar-refractivity contribution is 4.81. The Bertz CT molecular complexity index is 228. The zero-order valence-corrected chi connectivity index (χ0v) is 15.6. The molecule has 3 N–H and O–H groups in total. The minimum Gasteiger partial charge on any atom is -0.396 e. The molecule has 0 aromatic carbocycles. The second kappa shape index (κ2) is 21.7. The molecule has 0 atom stereocenters. The normalized spacial score (nSPS) is 11.6. The molecule has 0 aromatic rings. The SMILES string of the molecule is NCCCCCCCCC=CCCCCCCCCCCCO. The van der Waals surface area contributed by atoms with Crippen LogP contribution in [0.25, 0.3) is 0 Å². The van der Waals surface area contributed by atoms with Gasteiger partial charge in [0.05, 0.1) is 0 Å². The zero-order chi connectivity index (χ0) is 16.8. The summed E-state index contributed by atoms with van der Waals surface area (Å²) < 4.78 is 0. The lowest BCUT2D eigenvalue weighted by Gasteiger charge is -2.01. The summed E-state index contributed by atoms with van der Waals surface area (Å²) in [7, 11) is 0. The smallest absolute Gasteiger partial charge is 0.0431 e. The molecule has 0 fully saturated rings. The molecule has 0 aliphatic heterocycles. The van der Waals surface area contributed by atoms with Crippen LogP contribution in [0.3, 0.4) is 0 Å². The molecule has 0 rings (SSSR count). The van der Waals surface area contributed by atoms with Gasteiger partial charge in [-0.3, -0.25) is 0 Å². The van der Waals surface area contributed by atoms with E-state index in [1.165, 1.54) is 103 Å². The van der Waals surface area contributed by atoms with Crippen molar-refractivity contribution < 1.29 is 5.11 Å². The third-order valence-electron chi connectivity index (χ3n) is 4.52. The number of unbranched alkanes of at least 4 members (excludes halogenated alkanes) is 15. The topological polar surface area (TPSA) is 46.2 Å². The molecule has 2 nitrogen and oxygen atoms in total. The number of allylic oxidation sites excluding steroid dienone is 2. The molecule has 0 aliphatic carbocycles. The number of hydrogen-bond acceptors (Lipinski definition) is 2. The standard InChI is InChI=1S/C21H43NO/c22-20-18-16-14-12-10-8-6-4-2-1-3-5-7-9-11-13-15-17-19-21-23/h2,4,23H,1,3,5-22H2. The summed E-state index contributed by atoms with van der Waals surface area (Å²) in [5, 5.41) is 8.70. The van der Waals surface area contributed by atoms with Crippen LogP contribution in [0.5, 0.6) is 0 Å². The molecule has 0 aromatic heterocycles. The summed E-state index contributed by atoms with van der Waals surface area (Å²) >= 11 is 0. The third-order valence-corrected chi connectivity index (χ3v) is 4.52. The molecule has 0 spiro atoms. The highest BCUT2D eigenvalue weighted by Gasteiger charge is 1.92. The second-order valence-electron chi connectivity index (χ2n) is 6.86. The van der Waals surface area contributed by atoms with E-state index in [0.29, 0.717) is 6.61 Å². The molecule has 138 valence electrons. The first-order valence-corrected chi connectivity index (χ1v) is 10.4. The number of rotatable bonds is 19. The van der Waals surface area contributed by atoms with Gasteiger partial charge in [-0.2, -0.15) is 0 Å². The minimum absolute atomic E-state index is 0.363. The van der Waals surface area contributed by atoms with E-state index < -0.39 is 0 Å². The average Bonchev–Trinajstić information content (AvgIpc) is 2.57. The van der Waals surface area contributed by atoms with Crippen molar-refractivity contribution in [1.29, 1.82) is 0 Å². The first-order chi connectivity index (χ1) is 11.4. The molecule has 0 amide bonds. The molecule has 0 radical (unpaired) electrons. The largest absolute Gasteiger partial charge is 0.396 e. The molecule has 23 heavy (non-hydrogen) atoms. The maximum Gasteiger partial charge on any atom is 0.0431 e. The Balaban J connectivity index is 3.03. The highest BCUT2D eigenvalue weighted by atomic mass is 16.2. The molecular formula is C21H43NO. The molecule has 0 aliphatic rings. The molecule has 0 unspecified atom stereocenters. The van der Waals surface area contributed by atoms with E-state index in [1.54, 1.807) is 0 Å². The summed E-state index contributed by atoms with van der Waals surface area (Å²) in [4.78, 5) is 0. The van der Waals surface area contributed by atoms with Crippen molar-refractivity contribution in [3.05, 3.63) is 12.2 Å².